The molecule has 0 aliphatic carbocycles. The quantitative estimate of drug-likeness (QED) is 0.786. The molecule has 0 saturated heterocycles. The normalized spacial score (nSPS) is 10.7. The average Bonchev–Trinajstić information content (AvgIpc) is 2.83. The molecule has 2 heterocycles. The van der Waals surface area contributed by atoms with Crippen LogP contribution in [-0.4, -0.2) is 17.0 Å². The summed E-state index contributed by atoms with van der Waals surface area (Å²) in [6.45, 7) is 4.90. The van der Waals surface area contributed by atoms with Crippen LogP contribution < -0.4 is 4.90 Å². The minimum atomic E-state index is 0.520. The molecule has 2 rings (SSSR count). The number of nitrogens with zero attached hydrogens (tertiary/aromatic N) is 3. The summed E-state index contributed by atoms with van der Waals surface area (Å²) in [6, 6.07) is 4.11. The maximum absolute atomic E-state index is 5.94. The second-order valence-corrected chi connectivity index (χ2v) is 5.86. The van der Waals surface area contributed by atoms with Crippen molar-refractivity contribution < 1.29 is 0 Å². The topological polar surface area (TPSA) is 29.0 Å². The standard InChI is InChI=1S/C14H18ClN3S/c1-4-12-5-11(7-15)6-14(17-12)18(3)8-13-9-19-10(2)16-13/h5-6,9H,4,7-8H2,1-3H3. The van der Waals surface area contributed by atoms with Crippen molar-refractivity contribution in [2.75, 3.05) is 11.9 Å². The van der Waals surface area contributed by atoms with Gasteiger partial charge in [0, 0.05) is 24.0 Å². The predicted molar refractivity (Wildman–Crippen MR) is 82.1 cm³/mol. The van der Waals surface area contributed by atoms with E-state index >= 15 is 0 Å². The van der Waals surface area contributed by atoms with Gasteiger partial charge in [-0.2, -0.15) is 0 Å². The summed E-state index contributed by atoms with van der Waals surface area (Å²) in [5.74, 6) is 1.48. The van der Waals surface area contributed by atoms with E-state index < -0.39 is 0 Å². The molecule has 0 atom stereocenters. The molecule has 0 aliphatic rings. The summed E-state index contributed by atoms with van der Waals surface area (Å²) in [6.07, 6.45) is 0.918. The van der Waals surface area contributed by atoms with Gasteiger partial charge in [-0.1, -0.05) is 6.92 Å². The highest BCUT2D eigenvalue weighted by atomic mass is 35.5. The Hall–Kier alpha value is -1.13. The molecule has 0 unspecified atom stereocenters. The zero-order valence-corrected chi connectivity index (χ0v) is 13.1. The molecule has 0 N–H and O–H groups in total. The van der Waals surface area contributed by atoms with Gasteiger partial charge in [-0.3, -0.25) is 0 Å². The van der Waals surface area contributed by atoms with Crippen molar-refractivity contribution >= 4 is 28.8 Å². The molecule has 0 aromatic carbocycles. The van der Waals surface area contributed by atoms with Gasteiger partial charge in [0.2, 0.25) is 0 Å². The molecular weight excluding hydrogens is 278 g/mol. The van der Waals surface area contributed by atoms with Crippen LogP contribution in [0.2, 0.25) is 0 Å². The molecule has 19 heavy (non-hydrogen) atoms. The van der Waals surface area contributed by atoms with Gasteiger partial charge in [0.1, 0.15) is 5.82 Å². The number of aryl methyl sites for hydroxylation is 2. The van der Waals surface area contributed by atoms with Crippen molar-refractivity contribution in [1.29, 1.82) is 0 Å². The predicted octanol–water partition coefficient (Wildman–Crippen LogP) is 3.78. The summed E-state index contributed by atoms with van der Waals surface area (Å²) in [5, 5.41) is 3.19. The fraction of sp³-hybridized carbons (Fsp3) is 0.429. The number of hydrogen-bond donors (Lipinski definition) is 0. The van der Waals surface area contributed by atoms with Gasteiger partial charge in [0.25, 0.3) is 0 Å². The molecule has 0 amide bonds. The van der Waals surface area contributed by atoms with Crippen LogP contribution in [0.25, 0.3) is 0 Å². The lowest BCUT2D eigenvalue weighted by Crippen LogP contribution is -2.18. The second-order valence-electron chi connectivity index (χ2n) is 4.53. The van der Waals surface area contributed by atoms with Crippen LogP contribution >= 0.6 is 22.9 Å². The summed E-state index contributed by atoms with van der Waals surface area (Å²) in [5.41, 5.74) is 3.28. The van der Waals surface area contributed by atoms with Crippen LogP contribution in [0.3, 0.4) is 0 Å². The molecule has 0 saturated carbocycles. The molecular formula is C14H18ClN3S. The third-order valence-electron chi connectivity index (χ3n) is 2.90. The first kappa shape index (κ1) is 14.3. The number of alkyl halides is 1. The lowest BCUT2D eigenvalue weighted by Gasteiger charge is -2.18. The maximum atomic E-state index is 5.94. The van der Waals surface area contributed by atoms with Crippen molar-refractivity contribution in [3.8, 4) is 0 Å². The fourth-order valence-corrected chi connectivity index (χ4v) is 2.65. The number of thiazole rings is 1. The smallest absolute Gasteiger partial charge is 0.129 e. The Bertz CT molecular complexity index is 531. The molecule has 0 radical (unpaired) electrons. The number of pyridine rings is 1. The van der Waals surface area contributed by atoms with E-state index in [4.69, 9.17) is 11.6 Å². The summed E-state index contributed by atoms with van der Waals surface area (Å²) in [7, 11) is 2.04. The van der Waals surface area contributed by atoms with Crippen LogP contribution in [0, 0.1) is 6.92 Å². The van der Waals surface area contributed by atoms with Gasteiger partial charge in [-0.15, -0.1) is 22.9 Å². The Balaban J connectivity index is 2.20. The Morgan fingerprint density at radius 2 is 2.05 bits per heavy atom. The SMILES string of the molecule is CCc1cc(CCl)cc(N(C)Cc2csc(C)n2)n1. The third-order valence-corrected chi connectivity index (χ3v) is 4.03. The summed E-state index contributed by atoms with van der Waals surface area (Å²) in [4.78, 5) is 11.2. The molecule has 0 bridgehead atoms. The Labute approximate surface area is 123 Å². The van der Waals surface area contributed by atoms with Crippen LogP contribution in [0.1, 0.15) is 28.9 Å². The van der Waals surface area contributed by atoms with Crippen LogP contribution in [0.4, 0.5) is 5.82 Å². The lowest BCUT2D eigenvalue weighted by atomic mass is 10.2. The van der Waals surface area contributed by atoms with Gasteiger partial charge in [0.05, 0.1) is 17.2 Å². The van der Waals surface area contributed by atoms with E-state index in [-0.39, 0.29) is 0 Å². The zero-order chi connectivity index (χ0) is 13.8. The molecule has 0 spiro atoms. The van der Waals surface area contributed by atoms with Crippen LogP contribution in [0.15, 0.2) is 17.5 Å². The van der Waals surface area contributed by atoms with E-state index in [1.54, 1.807) is 11.3 Å². The van der Waals surface area contributed by atoms with Crippen molar-refractivity contribution in [3.63, 3.8) is 0 Å². The highest BCUT2D eigenvalue weighted by molar-refractivity contribution is 7.09. The van der Waals surface area contributed by atoms with E-state index in [0.717, 1.165) is 40.7 Å². The molecule has 0 fully saturated rings. The first-order chi connectivity index (χ1) is 9.12. The minimum Gasteiger partial charge on any atom is -0.354 e. The lowest BCUT2D eigenvalue weighted by molar-refractivity contribution is 0.857. The van der Waals surface area contributed by atoms with E-state index in [1.807, 2.05) is 20.0 Å². The molecule has 102 valence electrons. The maximum Gasteiger partial charge on any atom is 0.129 e. The van der Waals surface area contributed by atoms with Crippen molar-refractivity contribution in [1.82, 2.24) is 9.97 Å². The van der Waals surface area contributed by atoms with Crippen LogP contribution in [0.5, 0.6) is 0 Å². The molecule has 2 aromatic heterocycles. The van der Waals surface area contributed by atoms with E-state index in [0.29, 0.717) is 5.88 Å². The van der Waals surface area contributed by atoms with Crippen LogP contribution in [-0.2, 0) is 18.8 Å². The van der Waals surface area contributed by atoms with Crippen molar-refractivity contribution in [2.45, 2.75) is 32.7 Å². The monoisotopic (exact) mass is 295 g/mol. The molecule has 0 aliphatic heterocycles. The van der Waals surface area contributed by atoms with Gasteiger partial charge in [0.15, 0.2) is 0 Å². The highest BCUT2D eigenvalue weighted by Gasteiger charge is 2.08. The van der Waals surface area contributed by atoms with Crippen molar-refractivity contribution in [2.24, 2.45) is 0 Å². The number of halogens is 1. The highest BCUT2D eigenvalue weighted by Crippen LogP contribution is 2.19. The average molecular weight is 296 g/mol. The Morgan fingerprint density at radius 1 is 1.26 bits per heavy atom. The summed E-state index contributed by atoms with van der Waals surface area (Å²) < 4.78 is 0. The number of hydrogen-bond acceptors (Lipinski definition) is 4. The fourth-order valence-electron chi connectivity index (χ4n) is 1.89. The molecule has 3 nitrogen and oxygen atoms in total. The first-order valence-electron chi connectivity index (χ1n) is 6.30. The second kappa shape index (κ2) is 6.35. The number of anilines is 1. The largest absolute Gasteiger partial charge is 0.354 e. The van der Waals surface area contributed by atoms with Gasteiger partial charge < -0.3 is 4.90 Å². The zero-order valence-electron chi connectivity index (χ0n) is 11.5. The first-order valence-corrected chi connectivity index (χ1v) is 7.71. The number of aromatic nitrogens is 2. The molecule has 2 aromatic rings. The minimum absolute atomic E-state index is 0.520. The Kier molecular flexibility index (Phi) is 4.77. The van der Waals surface area contributed by atoms with Gasteiger partial charge >= 0.3 is 0 Å². The van der Waals surface area contributed by atoms with Gasteiger partial charge in [-0.05, 0) is 31.0 Å². The van der Waals surface area contributed by atoms with E-state index in [9.17, 15) is 0 Å². The molecule has 5 heteroatoms. The Morgan fingerprint density at radius 3 is 2.63 bits per heavy atom. The van der Waals surface area contributed by atoms with E-state index in [1.165, 1.54) is 0 Å². The van der Waals surface area contributed by atoms with Crippen molar-refractivity contribution in [3.05, 3.63) is 39.5 Å². The van der Waals surface area contributed by atoms with E-state index in [2.05, 4.69) is 33.2 Å². The third kappa shape index (κ3) is 3.67. The number of rotatable bonds is 5. The van der Waals surface area contributed by atoms with Gasteiger partial charge in [-0.25, -0.2) is 9.97 Å². The summed E-state index contributed by atoms with van der Waals surface area (Å²) >= 11 is 7.62.